The standard InChI is InChI=1S/C30H35N3O4/c1-21(31-18-29(36)25-10-11-28(35)27(17-25)32-20-34)15-23-6-4-5-22(16-23)9-12-30(37)33-14-13-24-7-2-3-8-26(24)19-33/h2-8,10-11,16-17,20-21,29,31,35-36H,9,12-15,18-19H2,1H3,(H,32,34)/t21-,29+/m1/s1. The van der Waals surface area contributed by atoms with Gasteiger partial charge in [0.25, 0.3) is 0 Å². The van der Waals surface area contributed by atoms with E-state index in [1.807, 2.05) is 17.0 Å². The molecule has 3 aromatic carbocycles. The van der Waals surface area contributed by atoms with Crippen molar-refractivity contribution in [1.29, 1.82) is 0 Å². The number of nitrogens with one attached hydrogen (secondary N) is 2. The van der Waals surface area contributed by atoms with Crippen molar-refractivity contribution in [2.45, 2.75) is 51.3 Å². The van der Waals surface area contributed by atoms with Crippen LogP contribution in [0.25, 0.3) is 0 Å². The Hall–Kier alpha value is -3.68. The van der Waals surface area contributed by atoms with Crippen LogP contribution in [0.3, 0.4) is 0 Å². The van der Waals surface area contributed by atoms with Gasteiger partial charge in [-0.3, -0.25) is 9.59 Å². The minimum Gasteiger partial charge on any atom is -0.506 e. The number of hydrogen-bond donors (Lipinski definition) is 4. The van der Waals surface area contributed by atoms with Gasteiger partial charge in [0.05, 0.1) is 11.8 Å². The molecule has 194 valence electrons. The maximum atomic E-state index is 12.8. The molecule has 0 aromatic heterocycles. The van der Waals surface area contributed by atoms with E-state index in [-0.39, 0.29) is 23.4 Å². The summed E-state index contributed by atoms with van der Waals surface area (Å²) in [4.78, 5) is 25.5. The predicted molar refractivity (Wildman–Crippen MR) is 144 cm³/mol. The smallest absolute Gasteiger partial charge is 0.223 e. The van der Waals surface area contributed by atoms with E-state index < -0.39 is 6.10 Å². The van der Waals surface area contributed by atoms with Crippen LogP contribution < -0.4 is 10.6 Å². The van der Waals surface area contributed by atoms with Crippen molar-refractivity contribution < 1.29 is 19.8 Å². The molecule has 0 radical (unpaired) electrons. The first-order valence-corrected chi connectivity index (χ1v) is 12.8. The molecular formula is C30H35N3O4. The largest absolute Gasteiger partial charge is 0.506 e. The van der Waals surface area contributed by atoms with Gasteiger partial charge in [0.15, 0.2) is 0 Å². The molecule has 37 heavy (non-hydrogen) atoms. The first kappa shape index (κ1) is 26.4. The zero-order valence-electron chi connectivity index (χ0n) is 21.2. The monoisotopic (exact) mass is 501 g/mol. The minimum atomic E-state index is -0.783. The van der Waals surface area contributed by atoms with Crippen molar-refractivity contribution in [2.24, 2.45) is 0 Å². The van der Waals surface area contributed by atoms with E-state index >= 15 is 0 Å². The van der Waals surface area contributed by atoms with E-state index in [0.29, 0.717) is 37.9 Å². The summed E-state index contributed by atoms with van der Waals surface area (Å²) in [6.45, 7) is 3.88. The first-order valence-electron chi connectivity index (χ1n) is 12.8. The molecule has 0 spiro atoms. The zero-order chi connectivity index (χ0) is 26.2. The van der Waals surface area contributed by atoms with Crippen molar-refractivity contribution in [1.82, 2.24) is 10.2 Å². The maximum Gasteiger partial charge on any atom is 0.223 e. The van der Waals surface area contributed by atoms with Crippen LogP contribution in [-0.4, -0.2) is 46.6 Å². The molecule has 1 heterocycles. The summed E-state index contributed by atoms with van der Waals surface area (Å²) in [6, 6.07) is 21.5. The summed E-state index contributed by atoms with van der Waals surface area (Å²) in [6.07, 6.45) is 2.62. The number of nitrogens with zero attached hydrogens (tertiary/aromatic N) is 1. The summed E-state index contributed by atoms with van der Waals surface area (Å²) < 4.78 is 0. The number of aliphatic hydroxyl groups excluding tert-OH is 1. The van der Waals surface area contributed by atoms with Crippen LogP contribution in [0.4, 0.5) is 5.69 Å². The summed E-state index contributed by atoms with van der Waals surface area (Å²) in [5, 5.41) is 26.1. The van der Waals surface area contributed by atoms with Gasteiger partial charge in [-0.25, -0.2) is 0 Å². The lowest BCUT2D eigenvalue weighted by molar-refractivity contribution is -0.132. The van der Waals surface area contributed by atoms with Gasteiger partial charge in [-0.05, 0) is 66.1 Å². The van der Waals surface area contributed by atoms with Crippen molar-refractivity contribution in [3.05, 3.63) is 94.5 Å². The SMILES string of the molecule is C[C@H](Cc1cccc(CCC(=O)N2CCc3ccccc3C2)c1)NC[C@H](O)c1ccc(O)c(NC=O)c1. The van der Waals surface area contributed by atoms with Gasteiger partial charge >= 0.3 is 0 Å². The van der Waals surface area contributed by atoms with E-state index in [1.54, 1.807) is 12.1 Å². The van der Waals surface area contributed by atoms with Crippen molar-refractivity contribution in [3.8, 4) is 5.75 Å². The average molecular weight is 502 g/mol. The number of amides is 2. The van der Waals surface area contributed by atoms with Gasteiger partial charge in [-0.2, -0.15) is 0 Å². The minimum absolute atomic E-state index is 0.0489. The van der Waals surface area contributed by atoms with Gasteiger partial charge in [0.1, 0.15) is 5.75 Å². The highest BCUT2D eigenvalue weighted by molar-refractivity contribution is 5.77. The van der Waals surface area contributed by atoms with Crippen LogP contribution >= 0.6 is 0 Å². The average Bonchev–Trinajstić information content (AvgIpc) is 2.91. The molecule has 0 saturated carbocycles. The Morgan fingerprint density at radius 3 is 2.65 bits per heavy atom. The van der Waals surface area contributed by atoms with Crippen LogP contribution in [0.1, 0.15) is 47.3 Å². The fourth-order valence-electron chi connectivity index (χ4n) is 4.83. The highest BCUT2D eigenvalue weighted by Crippen LogP contribution is 2.26. The Labute approximate surface area is 218 Å². The zero-order valence-corrected chi connectivity index (χ0v) is 21.2. The van der Waals surface area contributed by atoms with E-state index in [1.165, 1.54) is 22.8 Å². The number of aromatic hydroxyl groups is 1. The molecule has 2 atom stereocenters. The number of carbonyl (C=O) groups is 2. The summed E-state index contributed by atoms with van der Waals surface area (Å²) in [7, 11) is 0. The first-order chi connectivity index (χ1) is 17.9. The molecule has 7 nitrogen and oxygen atoms in total. The van der Waals surface area contributed by atoms with Gasteiger partial charge in [-0.15, -0.1) is 0 Å². The highest BCUT2D eigenvalue weighted by atomic mass is 16.3. The van der Waals surface area contributed by atoms with Crippen LogP contribution in [0, 0.1) is 0 Å². The van der Waals surface area contributed by atoms with Crippen LogP contribution in [0.15, 0.2) is 66.7 Å². The number of aliphatic hydroxyl groups is 1. The lowest BCUT2D eigenvalue weighted by atomic mass is 9.98. The second kappa shape index (κ2) is 12.5. The number of rotatable bonds is 11. The van der Waals surface area contributed by atoms with Gasteiger partial charge in [0.2, 0.25) is 12.3 Å². The maximum absolute atomic E-state index is 12.8. The van der Waals surface area contributed by atoms with Crippen molar-refractivity contribution >= 4 is 18.0 Å². The van der Waals surface area contributed by atoms with E-state index in [9.17, 15) is 19.8 Å². The number of phenols is 1. The summed E-state index contributed by atoms with van der Waals surface area (Å²) >= 11 is 0. The lowest BCUT2D eigenvalue weighted by Gasteiger charge is -2.29. The highest BCUT2D eigenvalue weighted by Gasteiger charge is 2.20. The summed E-state index contributed by atoms with van der Waals surface area (Å²) in [5.41, 5.74) is 5.78. The summed E-state index contributed by atoms with van der Waals surface area (Å²) in [5.74, 6) is 0.150. The van der Waals surface area contributed by atoms with Crippen LogP contribution in [0.5, 0.6) is 5.75 Å². The molecular weight excluding hydrogens is 466 g/mol. The van der Waals surface area contributed by atoms with E-state index in [2.05, 4.69) is 54.0 Å². The molecule has 2 amide bonds. The molecule has 4 rings (SSSR count). The molecule has 0 bridgehead atoms. The topological polar surface area (TPSA) is 102 Å². The normalized spacial score (nSPS) is 14.5. The fraction of sp³-hybridized carbons (Fsp3) is 0.333. The number of aryl methyl sites for hydroxylation is 1. The third-order valence-electron chi connectivity index (χ3n) is 6.92. The number of fused-ring (bicyclic) bond motifs is 1. The second-order valence-electron chi connectivity index (χ2n) is 9.72. The number of phenolic OH excluding ortho intramolecular Hbond substituents is 1. The van der Waals surface area contributed by atoms with E-state index in [0.717, 1.165) is 24.9 Å². The number of anilines is 1. The molecule has 3 aromatic rings. The van der Waals surface area contributed by atoms with E-state index in [4.69, 9.17) is 0 Å². The molecule has 1 aliphatic rings. The Morgan fingerprint density at radius 1 is 1.05 bits per heavy atom. The Morgan fingerprint density at radius 2 is 1.84 bits per heavy atom. The third-order valence-corrected chi connectivity index (χ3v) is 6.92. The molecule has 0 unspecified atom stereocenters. The quantitative estimate of drug-likeness (QED) is 0.237. The number of carbonyl (C=O) groups excluding carboxylic acids is 2. The van der Waals surface area contributed by atoms with Gasteiger partial charge < -0.3 is 25.7 Å². The predicted octanol–water partition coefficient (Wildman–Crippen LogP) is 3.73. The van der Waals surface area contributed by atoms with Crippen LogP contribution in [-0.2, 0) is 35.4 Å². The molecule has 7 heteroatoms. The Bertz CT molecular complexity index is 1230. The molecule has 0 saturated heterocycles. The lowest BCUT2D eigenvalue weighted by Crippen LogP contribution is -2.36. The third kappa shape index (κ3) is 7.18. The Kier molecular flexibility index (Phi) is 8.93. The number of hydrogen-bond acceptors (Lipinski definition) is 5. The van der Waals surface area contributed by atoms with Crippen molar-refractivity contribution in [2.75, 3.05) is 18.4 Å². The van der Waals surface area contributed by atoms with Gasteiger partial charge in [-0.1, -0.05) is 54.6 Å². The number of benzene rings is 3. The van der Waals surface area contributed by atoms with Crippen LogP contribution in [0.2, 0.25) is 0 Å². The van der Waals surface area contributed by atoms with Crippen molar-refractivity contribution in [3.63, 3.8) is 0 Å². The molecule has 1 aliphatic heterocycles. The second-order valence-corrected chi connectivity index (χ2v) is 9.72. The fourth-order valence-corrected chi connectivity index (χ4v) is 4.83. The Balaban J connectivity index is 1.25. The molecule has 0 aliphatic carbocycles. The van der Waals surface area contributed by atoms with Gasteiger partial charge in [0, 0.05) is 32.1 Å². The molecule has 0 fully saturated rings. The molecule has 4 N–H and O–H groups in total.